The Morgan fingerprint density at radius 2 is 1.58 bits per heavy atom. The molecule has 0 fully saturated rings. The lowest BCUT2D eigenvalue weighted by Crippen LogP contribution is -2.19. The van der Waals surface area contributed by atoms with Gasteiger partial charge in [0.05, 0.1) is 27.3 Å². The van der Waals surface area contributed by atoms with Crippen molar-refractivity contribution >= 4 is 40.0 Å². The van der Waals surface area contributed by atoms with Gasteiger partial charge in [0.1, 0.15) is 11.5 Å². The number of hydrogen-bond donors (Lipinski definition) is 2. The number of amides is 2. The second-order valence-corrected chi connectivity index (χ2v) is 7.47. The predicted molar refractivity (Wildman–Crippen MR) is 120 cm³/mol. The molecule has 0 radical (unpaired) electrons. The number of aryl methyl sites for hydroxylation is 1. The molecule has 33 heavy (non-hydrogen) atoms. The summed E-state index contributed by atoms with van der Waals surface area (Å²) in [5.41, 5.74) is 1.60. The van der Waals surface area contributed by atoms with Crippen molar-refractivity contribution < 1.29 is 22.7 Å². The summed E-state index contributed by atoms with van der Waals surface area (Å²) >= 11 is 5.59. The molecule has 4 rings (SSSR count). The highest BCUT2D eigenvalue weighted by Crippen LogP contribution is 2.36. The monoisotopic (exact) mass is 472 g/mol. The fourth-order valence-corrected chi connectivity index (χ4v) is 3.23. The number of ether oxygens (including phenoxy) is 1. The zero-order valence-corrected chi connectivity index (χ0v) is 17.8. The smallest absolute Gasteiger partial charge is 0.417 e. The minimum absolute atomic E-state index is 0.0428. The Morgan fingerprint density at radius 1 is 0.909 bits per heavy atom. The first-order valence-electron chi connectivity index (χ1n) is 9.63. The van der Waals surface area contributed by atoms with E-state index in [0.29, 0.717) is 22.7 Å². The Balaban J connectivity index is 1.40. The maximum atomic E-state index is 13.0. The van der Waals surface area contributed by atoms with E-state index < -0.39 is 22.8 Å². The van der Waals surface area contributed by atoms with E-state index in [4.69, 9.17) is 16.3 Å². The van der Waals surface area contributed by atoms with E-state index in [1.165, 1.54) is 6.07 Å². The summed E-state index contributed by atoms with van der Waals surface area (Å²) in [6.45, 7) is 1.85. The van der Waals surface area contributed by atoms with E-state index >= 15 is 0 Å². The quantitative estimate of drug-likeness (QED) is 0.334. The fraction of sp³-hybridized carbons (Fsp3) is 0.0870. The topological polar surface area (TPSA) is 76.1 Å². The third-order valence-corrected chi connectivity index (χ3v) is 4.84. The minimum atomic E-state index is -4.63. The molecule has 1 aromatic heterocycles. The van der Waals surface area contributed by atoms with Crippen LogP contribution in [0.25, 0.3) is 11.0 Å². The Morgan fingerprint density at radius 3 is 2.30 bits per heavy atom. The summed E-state index contributed by atoms with van der Waals surface area (Å²) in [5, 5.41) is 4.45. The summed E-state index contributed by atoms with van der Waals surface area (Å²) in [6.07, 6.45) is -2.94. The van der Waals surface area contributed by atoms with E-state index in [2.05, 4.69) is 20.6 Å². The number of nitrogens with one attached hydrogen (secondary N) is 2. The summed E-state index contributed by atoms with van der Waals surface area (Å²) in [5.74, 6) is 1.09. The molecule has 0 atom stereocenters. The van der Waals surface area contributed by atoms with Gasteiger partial charge in [-0.05, 0) is 61.5 Å². The van der Waals surface area contributed by atoms with Crippen molar-refractivity contribution in [3.8, 4) is 11.5 Å². The van der Waals surface area contributed by atoms with Crippen LogP contribution in [0.2, 0.25) is 5.02 Å². The molecule has 2 amide bonds. The van der Waals surface area contributed by atoms with Crippen LogP contribution >= 0.6 is 11.6 Å². The summed E-state index contributed by atoms with van der Waals surface area (Å²) in [4.78, 5) is 20.9. The van der Waals surface area contributed by atoms with Gasteiger partial charge in [-0.25, -0.2) is 9.78 Å². The molecule has 0 bridgehead atoms. The van der Waals surface area contributed by atoms with Crippen molar-refractivity contribution in [3.05, 3.63) is 83.1 Å². The molecule has 6 nitrogen and oxygen atoms in total. The maximum Gasteiger partial charge on any atom is 0.417 e. The molecule has 3 aromatic carbocycles. The number of alkyl halides is 3. The van der Waals surface area contributed by atoms with Gasteiger partial charge < -0.3 is 15.4 Å². The predicted octanol–water partition coefficient (Wildman–Crippen LogP) is 7.05. The number of aromatic nitrogens is 2. The lowest BCUT2D eigenvalue weighted by molar-refractivity contribution is -0.137. The Hall–Kier alpha value is -3.85. The molecule has 0 aliphatic carbocycles. The molecule has 168 valence electrons. The van der Waals surface area contributed by atoms with Crippen molar-refractivity contribution in [2.24, 2.45) is 0 Å². The average molecular weight is 473 g/mol. The standard InChI is InChI=1S/C23H16ClF3N4O2/c1-13-12-28-20-9-7-17(11-21(20)29-13)33-16-5-2-14(3-6-16)30-22(32)31-15-4-8-19(24)18(10-15)23(25,26)27/h2-12H,1H3,(H2,30,31,32). The van der Waals surface area contributed by atoms with Gasteiger partial charge in [-0.2, -0.15) is 13.2 Å². The largest absolute Gasteiger partial charge is 0.457 e. The van der Waals surface area contributed by atoms with Crippen molar-refractivity contribution in [2.75, 3.05) is 10.6 Å². The molecular weight excluding hydrogens is 457 g/mol. The third-order valence-electron chi connectivity index (χ3n) is 4.51. The lowest BCUT2D eigenvalue weighted by atomic mass is 10.2. The second-order valence-electron chi connectivity index (χ2n) is 7.06. The van der Waals surface area contributed by atoms with Gasteiger partial charge in [0.25, 0.3) is 0 Å². The molecule has 10 heteroatoms. The van der Waals surface area contributed by atoms with Crippen molar-refractivity contribution in [1.82, 2.24) is 9.97 Å². The Labute approximate surface area is 191 Å². The average Bonchev–Trinajstić information content (AvgIpc) is 2.75. The van der Waals surface area contributed by atoms with Crippen LogP contribution in [0.4, 0.5) is 29.3 Å². The number of benzene rings is 3. The molecule has 1 heterocycles. The van der Waals surface area contributed by atoms with Crippen molar-refractivity contribution in [2.45, 2.75) is 13.1 Å². The van der Waals surface area contributed by atoms with Crippen molar-refractivity contribution in [1.29, 1.82) is 0 Å². The van der Waals surface area contributed by atoms with Gasteiger partial charge >= 0.3 is 12.2 Å². The van der Waals surface area contributed by atoms with Gasteiger partial charge in [0.15, 0.2) is 0 Å². The van der Waals surface area contributed by atoms with Crippen LogP contribution in [0.15, 0.2) is 66.9 Å². The molecule has 0 spiro atoms. The molecule has 2 N–H and O–H groups in total. The molecule has 0 aliphatic rings. The first kappa shape index (κ1) is 22.3. The van der Waals surface area contributed by atoms with E-state index in [9.17, 15) is 18.0 Å². The zero-order valence-electron chi connectivity index (χ0n) is 17.1. The third kappa shape index (κ3) is 5.50. The second kappa shape index (κ2) is 8.95. The number of anilines is 2. The molecular formula is C23H16ClF3N4O2. The number of halogens is 4. The highest BCUT2D eigenvalue weighted by atomic mass is 35.5. The fourth-order valence-electron chi connectivity index (χ4n) is 3.00. The van der Waals surface area contributed by atoms with Crippen LogP contribution in [0, 0.1) is 6.92 Å². The highest BCUT2D eigenvalue weighted by molar-refractivity contribution is 6.31. The number of carbonyl (C=O) groups excluding carboxylic acids is 1. The summed E-state index contributed by atoms with van der Waals surface area (Å²) in [7, 11) is 0. The Bertz CT molecular complexity index is 1330. The van der Waals surface area contributed by atoms with Crippen molar-refractivity contribution in [3.63, 3.8) is 0 Å². The number of urea groups is 1. The van der Waals surface area contributed by atoms with E-state index in [1.807, 2.05) is 6.92 Å². The van der Waals surface area contributed by atoms with Gasteiger partial charge in [-0.1, -0.05) is 11.6 Å². The number of nitrogens with zero attached hydrogens (tertiary/aromatic N) is 2. The van der Waals surface area contributed by atoms with Gasteiger partial charge in [-0.3, -0.25) is 4.98 Å². The Kier molecular flexibility index (Phi) is 6.06. The van der Waals surface area contributed by atoms with Crippen LogP contribution < -0.4 is 15.4 Å². The highest BCUT2D eigenvalue weighted by Gasteiger charge is 2.33. The maximum absolute atomic E-state index is 13.0. The minimum Gasteiger partial charge on any atom is -0.457 e. The van der Waals surface area contributed by atoms with Crippen LogP contribution in [-0.4, -0.2) is 16.0 Å². The summed E-state index contributed by atoms with van der Waals surface area (Å²) < 4.78 is 44.7. The van der Waals surface area contributed by atoms with E-state index in [-0.39, 0.29) is 5.69 Å². The SMILES string of the molecule is Cc1cnc2ccc(Oc3ccc(NC(=O)Nc4ccc(Cl)c(C(F)(F)F)c4)cc3)cc2n1. The first-order chi connectivity index (χ1) is 15.7. The molecule has 0 aliphatic heterocycles. The summed E-state index contributed by atoms with van der Waals surface area (Å²) in [6, 6.07) is 14.3. The van der Waals surface area contributed by atoms with Crippen LogP contribution in [0.3, 0.4) is 0 Å². The van der Waals surface area contributed by atoms with Crippen LogP contribution in [-0.2, 0) is 6.18 Å². The van der Waals surface area contributed by atoms with Gasteiger partial charge in [0.2, 0.25) is 0 Å². The normalized spacial score (nSPS) is 11.3. The molecule has 0 saturated heterocycles. The number of rotatable bonds is 4. The lowest BCUT2D eigenvalue weighted by Gasteiger charge is -2.12. The van der Waals surface area contributed by atoms with E-state index in [0.717, 1.165) is 23.3 Å². The van der Waals surface area contributed by atoms with Crippen LogP contribution in [0.1, 0.15) is 11.3 Å². The number of carbonyl (C=O) groups is 1. The zero-order chi connectivity index (χ0) is 23.6. The van der Waals surface area contributed by atoms with Gasteiger partial charge in [-0.15, -0.1) is 0 Å². The number of fused-ring (bicyclic) bond motifs is 1. The molecule has 4 aromatic rings. The number of hydrogen-bond acceptors (Lipinski definition) is 4. The first-order valence-corrected chi connectivity index (χ1v) is 10.0. The van der Waals surface area contributed by atoms with E-state index in [1.54, 1.807) is 48.7 Å². The molecule has 0 saturated carbocycles. The van der Waals surface area contributed by atoms with Gasteiger partial charge in [0, 0.05) is 23.6 Å². The molecule has 0 unspecified atom stereocenters. The van der Waals surface area contributed by atoms with Crippen LogP contribution in [0.5, 0.6) is 11.5 Å².